The van der Waals surface area contributed by atoms with Gasteiger partial charge in [0.1, 0.15) is 0 Å². The number of rotatable bonds is 8. The molecule has 0 radical (unpaired) electrons. The number of nitrogens with one attached hydrogen (secondary N) is 1. The minimum atomic E-state index is 0.796. The van der Waals surface area contributed by atoms with Crippen LogP contribution in [0.5, 0.6) is 0 Å². The molecule has 3 rings (SSSR count). The van der Waals surface area contributed by atoms with E-state index >= 15 is 0 Å². The Kier molecular flexibility index (Phi) is 9.56. The predicted octanol–water partition coefficient (Wildman–Crippen LogP) is 3.18. The van der Waals surface area contributed by atoms with Crippen molar-refractivity contribution < 1.29 is 4.74 Å². The highest BCUT2D eigenvalue weighted by molar-refractivity contribution is 6.30. The number of nitrogens with zero attached hydrogens (tertiary/aromatic N) is 4. The zero-order valence-corrected chi connectivity index (χ0v) is 19.4. The summed E-state index contributed by atoms with van der Waals surface area (Å²) in [6, 6.07) is 8.18. The molecule has 0 unspecified atom stereocenters. The second-order valence-electron chi connectivity index (χ2n) is 8.40. The van der Waals surface area contributed by atoms with E-state index in [1.54, 1.807) is 0 Å². The number of anilines is 1. The molecule has 6 nitrogen and oxygen atoms in total. The van der Waals surface area contributed by atoms with Gasteiger partial charge in [0.15, 0.2) is 5.96 Å². The van der Waals surface area contributed by atoms with Crippen molar-refractivity contribution in [1.29, 1.82) is 0 Å². The Labute approximate surface area is 187 Å². The molecule has 0 saturated carbocycles. The molecule has 0 aliphatic carbocycles. The number of guanidine groups is 1. The maximum Gasteiger partial charge on any atom is 0.193 e. The average Bonchev–Trinajstić information content (AvgIpc) is 2.78. The second-order valence-corrected chi connectivity index (χ2v) is 8.84. The van der Waals surface area contributed by atoms with E-state index in [4.69, 9.17) is 16.3 Å². The maximum atomic E-state index is 6.13. The first kappa shape index (κ1) is 23.2. The molecular weight excluding hydrogens is 398 g/mol. The van der Waals surface area contributed by atoms with E-state index < -0.39 is 0 Å². The fourth-order valence-corrected chi connectivity index (χ4v) is 4.49. The number of halogens is 1. The number of benzene rings is 1. The smallest absolute Gasteiger partial charge is 0.193 e. The third kappa shape index (κ3) is 7.33. The molecule has 2 aliphatic heterocycles. The van der Waals surface area contributed by atoms with Gasteiger partial charge in [0.2, 0.25) is 0 Å². The minimum Gasteiger partial charge on any atom is -0.381 e. The van der Waals surface area contributed by atoms with Gasteiger partial charge in [-0.05, 0) is 56.3 Å². The van der Waals surface area contributed by atoms with E-state index in [1.165, 1.54) is 24.9 Å². The summed E-state index contributed by atoms with van der Waals surface area (Å²) in [7, 11) is 4.02. The summed E-state index contributed by atoms with van der Waals surface area (Å²) in [6.07, 6.45) is 4.75. The molecule has 0 amide bonds. The van der Waals surface area contributed by atoms with Crippen LogP contribution < -0.4 is 10.2 Å². The van der Waals surface area contributed by atoms with Crippen LogP contribution in [0.3, 0.4) is 0 Å². The van der Waals surface area contributed by atoms with Crippen molar-refractivity contribution in [3.05, 3.63) is 29.3 Å². The van der Waals surface area contributed by atoms with Crippen LogP contribution in [0.1, 0.15) is 25.7 Å². The Bertz CT molecular complexity index is 657. The van der Waals surface area contributed by atoms with Gasteiger partial charge in [-0.2, -0.15) is 0 Å². The molecule has 1 aromatic carbocycles. The largest absolute Gasteiger partial charge is 0.381 e. The van der Waals surface area contributed by atoms with Crippen LogP contribution in [-0.2, 0) is 4.74 Å². The van der Waals surface area contributed by atoms with Crippen LogP contribution in [0, 0.1) is 5.92 Å². The molecule has 1 N–H and O–H groups in total. The van der Waals surface area contributed by atoms with Gasteiger partial charge in [0, 0.05) is 77.3 Å². The molecule has 30 heavy (non-hydrogen) atoms. The molecule has 0 bridgehead atoms. The lowest BCUT2D eigenvalue weighted by Gasteiger charge is -2.36. The first-order chi connectivity index (χ1) is 14.7. The third-order valence-electron chi connectivity index (χ3n) is 6.27. The Balaban J connectivity index is 1.29. The van der Waals surface area contributed by atoms with E-state index in [9.17, 15) is 0 Å². The van der Waals surface area contributed by atoms with Crippen molar-refractivity contribution in [2.45, 2.75) is 25.7 Å². The Hall–Kier alpha value is -1.50. The van der Waals surface area contributed by atoms with Gasteiger partial charge in [0.25, 0.3) is 0 Å². The molecule has 0 spiro atoms. The van der Waals surface area contributed by atoms with Crippen molar-refractivity contribution in [2.24, 2.45) is 10.9 Å². The zero-order chi connectivity index (χ0) is 21.2. The third-order valence-corrected chi connectivity index (χ3v) is 6.50. The molecule has 2 saturated heterocycles. The standard InChI is InChI=1S/C23H38ClN5O/c1-25-23(27(2)12-7-20-8-17-30-18-9-20)26-10-4-11-28-13-15-29(16-14-28)22-6-3-5-21(24)19-22/h3,5-6,19-20H,4,7-18H2,1-2H3,(H,25,26). The predicted molar refractivity (Wildman–Crippen MR) is 127 cm³/mol. The zero-order valence-electron chi connectivity index (χ0n) is 18.7. The summed E-state index contributed by atoms with van der Waals surface area (Å²) >= 11 is 6.13. The quantitative estimate of drug-likeness (QED) is 0.386. The van der Waals surface area contributed by atoms with Gasteiger partial charge in [0.05, 0.1) is 0 Å². The number of aliphatic imine (C=N–C) groups is 1. The summed E-state index contributed by atoms with van der Waals surface area (Å²) in [5.74, 6) is 1.80. The van der Waals surface area contributed by atoms with E-state index in [1.807, 2.05) is 19.2 Å². The van der Waals surface area contributed by atoms with Crippen molar-refractivity contribution in [3.8, 4) is 0 Å². The van der Waals surface area contributed by atoms with Gasteiger partial charge in [-0.15, -0.1) is 0 Å². The molecule has 2 aliphatic rings. The number of ether oxygens (including phenoxy) is 1. The SMILES string of the molecule is CN=C(NCCCN1CCN(c2cccc(Cl)c2)CC1)N(C)CCC1CCOCC1. The summed E-state index contributed by atoms with van der Waals surface area (Å²) in [5, 5.41) is 4.35. The monoisotopic (exact) mass is 435 g/mol. The molecular formula is C23H38ClN5O. The van der Waals surface area contributed by atoms with Crippen molar-refractivity contribution in [1.82, 2.24) is 15.1 Å². The fraction of sp³-hybridized carbons (Fsp3) is 0.696. The summed E-state index contributed by atoms with van der Waals surface area (Å²) in [4.78, 5) is 11.7. The molecule has 1 aromatic rings. The average molecular weight is 436 g/mol. The van der Waals surface area contributed by atoms with Crippen LogP contribution in [-0.4, -0.2) is 88.9 Å². The molecule has 0 aromatic heterocycles. The van der Waals surface area contributed by atoms with Gasteiger partial charge in [-0.1, -0.05) is 17.7 Å². The summed E-state index contributed by atoms with van der Waals surface area (Å²) in [6.45, 7) is 9.31. The van der Waals surface area contributed by atoms with Crippen LogP contribution >= 0.6 is 11.6 Å². The maximum absolute atomic E-state index is 6.13. The number of hydrogen-bond donors (Lipinski definition) is 1. The van der Waals surface area contributed by atoms with E-state index in [0.717, 1.165) is 82.3 Å². The number of hydrogen-bond acceptors (Lipinski definition) is 4. The fourth-order valence-electron chi connectivity index (χ4n) is 4.31. The lowest BCUT2D eigenvalue weighted by molar-refractivity contribution is 0.0625. The molecule has 168 valence electrons. The van der Waals surface area contributed by atoms with Gasteiger partial charge >= 0.3 is 0 Å². The second kappa shape index (κ2) is 12.4. The van der Waals surface area contributed by atoms with E-state index in [0.29, 0.717) is 0 Å². The first-order valence-corrected chi connectivity index (χ1v) is 11.8. The first-order valence-electron chi connectivity index (χ1n) is 11.4. The molecule has 2 heterocycles. The van der Waals surface area contributed by atoms with E-state index in [2.05, 4.69) is 44.2 Å². The highest BCUT2D eigenvalue weighted by Gasteiger charge is 2.18. The van der Waals surface area contributed by atoms with Crippen molar-refractivity contribution in [2.75, 3.05) is 78.0 Å². The van der Waals surface area contributed by atoms with Gasteiger partial charge in [-0.25, -0.2) is 0 Å². The van der Waals surface area contributed by atoms with Crippen LogP contribution in [0.15, 0.2) is 29.3 Å². The van der Waals surface area contributed by atoms with Crippen LogP contribution in [0.2, 0.25) is 5.02 Å². The summed E-state index contributed by atoms with van der Waals surface area (Å²) in [5.41, 5.74) is 1.23. The minimum absolute atomic E-state index is 0.796. The Morgan fingerprint density at radius 3 is 2.70 bits per heavy atom. The highest BCUT2D eigenvalue weighted by Crippen LogP contribution is 2.21. The van der Waals surface area contributed by atoms with Crippen molar-refractivity contribution in [3.63, 3.8) is 0 Å². The molecule has 2 fully saturated rings. The lowest BCUT2D eigenvalue weighted by Crippen LogP contribution is -2.47. The van der Waals surface area contributed by atoms with Gasteiger partial charge in [-0.3, -0.25) is 9.89 Å². The number of piperazine rings is 1. The highest BCUT2D eigenvalue weighted by atomic mass is 35.5. The normalized spacial score (nSPS) is 19.2. The lowest BCUT2D eigenvalue weighted by atomic mass is 9.96. The summed E-state index contributed by atoms with van der Waals surface area (Å²) < 4.78 is 5.46. The molecule has 0 atom stereocenters. The Morgan fingerprint density at radius 1 is 1.23 bits per heavy atom. The Morgan fingerprint density at radius 2 is 2.00 bits per heavy atom. The van der Waals surface area contributed by atoms with Crippen LogP contribution in [0.4, 0.5) is 5.69 Å². The van der Waals surface area contributed by atoms with Crippen LogP contribution in [0.25, 0.3) is 0 Å². The molecule has 7 heteroatoms. The van der Waals surface area contributed by atoms with E-state index in [-0.39, 0.29) is 0 Å². The van der Waals surface area contributed by atoms with Crippen molar-refractivity contribution >= 4 is 23.2 Å². The van der Waals surface area contributed by atoms with Gasteiger partial charge < -0.3 is 19.9 Å². The topological polar surface area (TPSA) is 43.3 Å².